The van der Waals surface area contributed by atoms with Crippen LogP contribution in [0.5, 0.6) is 0 Å². The number of methoxy groups -OCH3 is 1. The highest BCUT2D eigenvalue weighted by Gasteiger charge is 2.31. The molecule has 0 bridgehead atoms. The Morgan fingerprint density at radius 1 is 1.16 bits per heavy atom. The lowest BCUT2D eigenvalue weighted by Crippen LogP contribution is -2.50. The molecule has 0 unspecified atom stereocenters. The summed E-state index contributed by atoms with van der Waals surface area (Å²) in [7, 11) is 1.46. The molecule has 1 aromatic rings. The Balaban J connectivity index is 2.58. The highest BCUT2D eigenvalue weighted by molar-refractivity contribution is 8.00. The predicted octanol–water partition coefficient (Wildman–Crippen LogP) is 3.35. The Hall–Kier alpha value is -2.13. The van der Waals surface area contributed by atoms with Gasteiger partial charge in [0.1, 0.15) is 11.2 Å². The van der Waals surface area contributed by atoms with Gasteiger partial charge in [-0.25, -0.2) is 4.79 Å². The fourth-order valence-corrected chi connectivity index (χ4v) is 3.22. The number of rotatable bonds is 12. The van der Waals surface area contributed by atoms with Crippen molar-refractivity contribution in [1.82, 2.24) is 15.6 Å². The SMILES string of the molecule is COC(C)(C)C(=O)N[C@@H](CCCCNC(=O)OC(C)(C)C)C(=O)CSc1cccnc1. The van der Waals surface area contributed by atoms with Crippen molar-refractivity contribution in [3.05, 3.63) is 24.5 Å². The van der Waals surface area contributed by atoms with Crippen LogP contribution in [0.4, 0.5) is 4.79 Å². The van der Waals surface area contributed by atoms with Crippen LogP contribution in [0.3, 0.4) is 0 Å². The van der Waals surface area contributed by atoms with E-state index in [9.17, 15) is 14.4 Å². The zero-order valence-electron chi connectivity index (χ0n) is 19.3. The topological polar surface area (TPSA) is 107 Å². The van der Waals surface area contributed by atoms with Crippen molar-refractivity contribution < 1.29 is 23.9 Å². The van der Waals surface area contributed by atoms with E-state index in [1.165, 1.54) is 18.9 Å². The number of hydrogen-bond donors (Lipinski definition) is 2. The highest BCUT2D eigenvalue weighted by Crippen LogP contribution is 2.18. The molecule has 9 heteroatoms. The Bertz CT molecular complexity index is 720. The van der Waals surface area contributed by atoms with E-state index in [2.05, 4.69) is 15.6 Å². The van der Waals surface area contributed by atoms with Crippen LogP contribution in [0.1, 0.15) is 53.9 Å². The smallest absolute Gasteiger partial charge is 0.407 e. The van der Waals surface area contributed by atoms with E-state index in [1.807, 2.05) is 12.1 Å². The van der Waals surface area contributed by atoms with Crippen molar-refractivity contribution in [2.75, 3.05) is 19.4 Å². The van der Waals surface area contributed by atoms with Crippen LogP contribution in [0.2, 0.25) is 0 Å². The maximum absolute atomic E-state index is 12.8. The molecule has 2 N–H and O–H groups in total. The van der Waals surface area contributed by atoms with Gasteiger partial charge in [0, 0.05) is 30.9 Å². The quantitative estimate of drug-likeness (QED) is 0.369. The average Bonchev–Trinajstić information content (AvgIpc) is 2.70. The Labute approximate surface area is 189 Å². The van der Waals surface area contributed by atoms with Crippen molar-refractivity contribution >= 4 is 29.5 Å². The van der Waals surface area contributed by atoms with Gasteiger partial charge in [0.05, 0.1) is 11.8 Å². The minimum atomic E-state index is -1.03. The zero-order valence-corrected chi connectivity index (χ0v) is 20.1. The number of unbranched alkanes of at least 4 members (excludes halogenated alkanes) is 1. The van der Waals surface area contributed by atoms with E-state index in [0.717, 1.165) is 4.90 Å². The van der Waals surface area contributed by atoms with Crippen LogP contribution >= 0.6 is 11.8 Å². The average molecular weight is 454 g/mol. The third-order valence-electron chi connectivity index (χ3n) is 4.35. The summed E-state index contributed by atoms with van der Waals surface area (Å²) in [5.74, 6) is -0.193. The molecule has 1 aromatic heterocycles. The second kappa shape index (κ2) is 12.7. The molecule has 2 amide bonds. The van der Waals surface area contributed by atoms with E-state index in [0.29, 0.717) is 25.8 Å². The van der Waals surface area contributed by atoms with E-state index in [-0.39, 0.29) is 17.4 Å². The van der Waals surface area contributed by atoms with Crippen LogP contribution in [0.15, 0.2) is 29.4 Å². The van der Waals surface area contributed by atoms with Crippen LogP contribution in [0, 0.1) is 0 Å². The van der Waals surface area contributed by atoms with Gasteiger partial charge in [-0.3, -0.25) is 14.6 Å². The van der Waals surface area contributed by atoms with E-state index in [1.54, 1.807) is 47.0 Å². The van der Waals surface area contributed by atoms with Gasteiger partial charge in [0.25, 0.3) is 5.91 Å². The van der Waals surface area contributed by atoms with E-state index < -0.39 is 23.3 Å². The van der Waals surface area contributed by atoms with Gasteiger partial charge in [-0.2, -0.15) is 0 Å². The number of ketones is 1. The van der Waals surface area contributed by atoms with Gasteiger partial charge in [0.2, 0.25) is 0 Å². The van der Waals surface area contributed by atoms with E-state index in [4.69, 9.17) is 9.47 Å². The second-order valence-electron chi connectivity index (χ2n) is 8.61. The van der Waals surface area contributed by atoms with Crippen LogP contribution in [0.25, 0.3) is 0 Å². The molecule has 0 aliphatic carbocycles. The normalized spacial score (nSPS) is 12.7. The highest BCUT2D eigenvalue weighted by atomic mass is 32.2. The second-order valence-corrected chi connectivity index (χ2v) is 9.66. The maximum atomic E-state index is 12.8. The molecule has 0 aromatic carbocycles. The molecule has 31 heavy (non-hydrogen) atoms. The van der Waals surface area contributed by atoms with Gasteiger partial charge in [-0.05, 0) is 66.0 Å². The number of nitrogens with zero attached hydrogens (tertiary/aromatic N) is 1. The fourth-order valence-electron chi connectivity index (χ4n) is 2.40. The van der Waals surface area contributed by atoms with Gasteiger partial charge >= 0.3 is 6.09 Å². The summed E-state index contributed by atoms with van der Waals surface area (Å²) in [6, 6.07) is 3.06. The lowest BCUT2D eigenvalue weighted by molar-refractivity contribution is -0.141. The maximum Gasteiger partial charge on any atom is 0.407 e. The van der Waals surface area contributed by atoms with Gasteiger partial charge < -0.3 is 20.1 Å². The number of thioether (sulfide) groups is 1. The molecule has 0 saturated heterocycles. The molecule has 0 aliphatic heterocycles. The molecule has 8 nitrogen and oxygen atoms in total. The van der Waals surface area contributed by atoms with Gasteiger partial charge in [-0.15, -0.1) is 11.8 Å². The minimum Gasteiger partial charge on any atom is -0.444 e. The number of aromatic nitrogens is 1. The van der Waals surface area contributed by atoms with Crippen LogP contribution < -0.4 is 10.6 Å². The number of pyridine rings is 1. The third-order valence-corrected chi connectivity index (χ3v) is 5.36. The van der Waals surface area contributed by atoms with Crippen molar-refractivity contribution in [2.45, 2.75) is 76.0 Å². The number of amides is 2. The standard InChI is InChI=1S/C22H35N3O5S/c1-21(2,3)30-20(28)24-13-8-7-11-17(25-19(27)22(4,5)29-6)18(26)15-31-16-10-9-12-23-14-16/h9-10,12,14,17H,7-8,11,13,15H2,1-6H3,(H,24,28)(H,25,27)/t17-/m0/s1. The summed E-state index contributed by atoms with van der Waals surface area (Å²) < 4.78 is 10.4. The molecule has 1 rings (SSSR count). The molecule has 1 atom stereocenters. The summed E-state index contributed by atoms with van der Waals surface area (Å²) >= 11 is 1.38. The molecule has 0 spiro atoms. The van der Waals surface area contributed by atoms with Crippen LogP contribution in [-0.2, 0) is 19.1 Å². The minimum absolute atomic E-state index is 0.0748. The fraction of sp³-hybridized carbons (Fsp3) is 0.636. The van der Waals surface area contributed by atoms with Crippen molar-refractivity contribution in [3.8, 4) is 0 Å². The Morgan fingerprint density at radius 2 is 1.87 bits per heavy atom. The summed E-state index contributed by atoms with van der Waals surface area (Å²) in [5.41, 5.74) is -1.58. The molecule has 0 aliphatic rings. The number of carbonyl (C=O) groups excluding carboxylic acids is 3. The summed E-state index contributed by atoms with van der Waals surface area (Å²) in [6.45, 7) is 9.14. The number of alkyl carbamates (subject to hydrolysis) is 1. The first-order chi connectivity index (χ1) is 14.4. The first-order valence-corrected chi connectivity index (χ1v) is 11.3. The molecule has 1 heterocycles. The largest absolute Gasteiger partial charge is 0.444 e. The van der Waals surface area contributed by atoms with E-state index >= 15 is 0 Å². The van der Waals surface area contributed by atoms with Crippen molar-refractivity contribution in [3.63, 3.8) is 0 Å². The first kappa shape index (κ1) is 26.9. The number of hydrogen-bond acceptors (Lipinski definition) is 7. The molecule has 174 valence electrons. The predicted molar refractivity (Wildman–Crippen MR) is 121 cm³/mol. The molecule has 0 radical (unpaired) electrons. The summed E-state index contributed by atoms with van der Waals surface area (Å²) in [5, 5.41) is 5.52. The monoisotopic (exact) mass is 453 g/mol. The summed E-state index contributed by atoms with van der Waals surface area (Å²) in [6.07, 6.45) is 4.67. The lowest BCUT2D eigenvalue weighted by atomic mass is 10.0. The zero-order chi connectivity index (χ0) is 23.5. The van der Waals surface area contributed by atoms with Crippen molar-refractivity contribution in [2.24, 2.45) is 0 Å². The molecular formula is C22H35N3O5S. The first-order valence-electron chi connectivity index (χ1n) is 10.3. The lowest BCUT2D eigenvalue weighted by Gasteiger charge is -2.26. The van der Waals surface area contributed by atoms with Gasteiger partial charge in [-0.1, -0.05) is 0 Å². The molecule has 0 saturated carbocycles. The van der Waals surface area contributed by atoms with Crippen molar-refractivity contribution in [1.29, 1.82) is 0 Å². The Kier molecular flexibility index (Phi) is 11.0. The van der Waals surface area contributed by atoms with Crippen LogP contribution in [-0.4, -0.2) is 59.4 Å². The number of Topliss-reactive ketones (excluding diaryl/α,β-unsaturated/α-hetero) is 1. The van der Waals surface area contributed by atoms with Gasteiger partial charge in [0.15, 0.2) is 5.78 Å². The number of ether oxygens (including phenoxy) is 2. The Morgan fingerprint density at radius 3 is 2.45 bits per heavy atom. The molecule has 0 fully saturated rings. The third kappa shape index (κ3) is 11.2. The number of carbonyl (C=O) groups is 3. The summed E-state index contributed by atoms with van der Waals surface area (Å²) in [4.78, 5) is 42.0. The molecular weight excluding hydrogens is 418 g/mol. The number of nitrogens with one attached hydrogen (secondary N) is 2.